The fraction of sp³-hybridized carbons (Fsp3) is 0.238. The van der Waals surface area contributed by atoms with Gasteiger partial charge in [0.2, 0.25) is 5.43 Å². The molecule has 1 aromatic heterocycles. The maximum Gasteiger partial charge on any atom is 0.341 e. The van der Waals surface area contributed by atoms with Crippen molar-refractivity contribution in [2.24, 2.45) is 0 Å². The van der Waals surface area contributed by atoms with Crippen LogP contribution < -0.4 is 10.2 Å². The number of halogens is 2. The molecule has 0 amide bonds. The van der Waals surface area contributed by atoms with Crippen LogP contribution in [0, 0.1) is 5.82 Å². The highest BCUT2D eigenvalue weighted by molar-refractivity contribution is 6.30. The van der Waals surface area contributed by atoms with Gasteiger partial charge < -0.3 is 14.4 Å². The molecule has 0 bridgehead atoms. The van der Waals surface area contributed by atoms with Crippen molar-refractivity contribution in [2.45, 2.75) is 32.3 Å². The predicted octanol–water partition coefficient (Wildman–Crippen LogP) is 3.79. The van der Waals surface area contributed by atoms with Gasteiger partial charge in [0.05, 0.1) is 16.9 Å². The number of ether oxygens (including phenoxy) is 1. The zero-order chi connectivity index (χ0) is 20.4. The number of carboxylic acid groups (broad SMARTS) is 1. The first kappa shape index (κ1) is 18.1. The summed E-state index contributed by atoms with van der Waals surface area (Å²) in [6, 6.07) is 7.71. The second-order valence-electron chi connectivity index (χ2n) is 7.45. The fourth-order valence-electron chi connectivity index (χ4n) is 4.30. The molecule has 8 heteroatoms. The second-order valence-corrected chi connectivity index (χ2v) is 7.89. The third-order valence-electron chi connectivity index (χ3n) is 5.66. The predicted molar refractivity (Wildman–Crippen MR) is 105 cm³/mol. The molecule has 2 atom stereocenters. The van der Waals surface area contributed by atoms with E-state index in [-0.39, 0.29) is 17.2 Å². The molecule has 3 heterocycles. The number of fused-ring (bicyclic) bond motifs is 1. The van der Waals surface area contributed by atoms with Crippen molar-refractivity contribution in [1.82, 2.24) is 9.47 Å². The van der Waals surface area contributed by atoms with E-state index in [1.54, 1.807) is 4.57 Å². The van der Waals surface area contributed by atoms with E-state index in [0.29, 0.717) is 23.6 Å². The minimum Gasteiger partial charge on any atom is -0.477 e. The number of hydrogen-bond acceptors (Lipinski definition) is 4. The van der Waals surface area contributed by atoms with Gasteiger partial charge in [-0.3, -0.25) is 9.69 Å². The smallest absolute Gasteiger partial charge is 0.341 e. The molecule has 0 spiro atoms. The normalized spacial score (nSPS) is 20.5. The number of carbonyl (C=O) groups is 1. The van der Waals surface area contributed by atoms with Gasteiger partial charge in [0.25, 0.3) is 0 Å². The summed E-state index contributed by atoms with van der Waals surface area (Å²) in [5, 5.41) is 10.1. The maximum atomic E-state index is 14.2. The van der Waals surface area contributed by atoms with E-state index in [1.165, 1.54) is 12.3 Å². The van der Waals surface area contributed by atoms with Gasteiger partial charge in [0.15, 0.2) is 6.23 Å². The highest BCUT2D eigenvalue weighted by Crippen LogP contribution is 2.39. The van der Waals surface area contributed by atoms with Gasteiger partial charge in [0.1, 0.15) is 17.1 Å². The summed E-state index contributed by atoms with van der Waals surface area (Å²) in [6.45, 7) is 3.12. The molecular weight excluding hydrogens is 399 g/mol. The molecular formula is C21H16ClFN2O4. The molecule has 2 aromatic carbocycles. The van der Waals surface area contributed by atoms with Gasteiger partial charge in [-0.25, -0.2) is 9.18 Å². The van der Waals surface area contributed by atoms with Crippen LogP contribution in [0.5, 0.6) is 5.75 Å². The van der Waals surface area contributed by atoms with Crippen LogP contribution in [0.15, 0.2) is 41.3 Å². The van der Waals surface area contributed by atoms with E-state index in [2.05, 4.69) is 4.90 Å². The van der Waals surface area contributed by atoms with E-state index in [1.807, 2.05) is 25.1 Å². The van der Waals surface area contributed by atoms with Crippen molar-refractivity contribution in [3.63, 3.8) is 0 Å². The quantitative estimate of drug-likeness (QED) is 0.690. The standard InChI is InChI=1S/C21H16ClFN2O4/c1-10-20(24-7-11-2-3-13(22)4-12(11)8-24)29-17-6-14(23)5-15-18(17)25(10)9-16(19(15)26)21(27)28/h2-6,9-10,20H,7-8H2,1H3,(H,27,28). The Morgan fingerprint density at radius 2 is 2.00 bits per heavy atom. The van der Waals surface area contributed by atoms with Gasteiger partial charge in [-0.15, -0.1) is 0 Å². The second kappa shape index (κ2) is 6.30. The minimum atomic E-state index is -1.34. The Bertz CT molecular complexity index is 1260. The van der Waals surface area contributed by atoms with Gasteiger partial charge in [-0.2, -0.15) is 0 Å². The average molecular weight is 415 g/mol. The summed E-state index contributed by atoms with van der Waals surface area (Å²) in [5.41, 5.74) is 1.52. The van der Waals surface area contributed by atoms with Crippen LogP contribution in [0.2, 0.25) is 5.02 Å². The molecule has 6 nitrogen and oxygen atoms in total. The molecule has 0 saturated carbocycles. The number of benzene rings is 2. The lowest BCUT2D eigenvalue weighted by Gasteiger charge is -2.38. The van der Waals surface area contributed by atoms with Crippen LogP contribution in [0.4, 0.5) is 4.39 Å². The molecule has 0 saturated heterocycles. The van der Waals surface area contributed by atoms with Crippen LogP contribution in [0.1, 0.15) is 34.5 Å². The SMILES string of the molecule is CC1C(N2Cc3ccc(Cl)cc3C2)Oc2cc(F)cc3c(=O)c(C(=O)O)cn1c23. The van der Waals surface area contributed by atoms with Crippen molar-refractivity contribution < 1.29 is 19.0 Å². The third kappa shape index (κ3) is 2.73. The molecule has 3 aromatic rings. The summed E-state index contributed by atoms with van der Waals surface area (Å²) in [7, 11) is 0. The number of nitrogens with zero attached hydrogens (tertiary/aromatic N) is 2. The molecule has 5 rings (SSSR count). The van der Waals surface area contributed by atoms with Crippen LogP contribution in [-0.4, -0.2) is 26.8 Å². The van der Waals surface area contributed by atoms with Gasteiger partial charge in [0, 0.05) is 30.4 Å². The lowest BCUT2D eigenvalue weighted by molar-refractivity contribution is -0.0192. The number of rotatable bonds is 2. The van der Waals surface area contributed by atoms with Crippen molar-refractivity contribution in [2.75, 3.05) is 0 Å². The Morgan fingerprint density at radius 1 is 1.24 bits per heavy atom. The van der Waals surface area contributed by atoms with Crippen molar-refractivity contribution >= 4 is 28.5 Å². The van der Waals surface area contributed by atoms with E-state index in [0.717, 1.165) is 17.2 Å². The molecule has 2 unspecified atom stereocenters. The Morgan fingerprint density at radius 3 is 2.76 bits per heavy atom. The number of pyridine rings is 1. The topological polar surface area (TPSA) is 71.8 Å². The molecule has 29 heavy (non-hydrogen) atoms. The molecule has 2 aliphatic heterocycles. The summed E-state index contributed by atoms with van der Waals surface area (Å²) >= 11 is 6.10. The van der Waals surface area contributed by atoms with Crippen LogP contribution in [-0.2, 0) is 13.1 Å². The van der Waals surface area contributed by atoms with Crippen molar-refractivity contribution in [3.8, 4) is 5.75 Å². The summed E-state index contributed by atoms with van der Waals surface area (Å²) < 4.78 is 22.1. The highest BCUT2D eigenvalue weighted by Gasteiger charge is 2.37. The summed E-state index contributed by atoms with van der Waals surface area (Å²) in [4.78, 5) is 26.2. The Labute approximate surface area is 169 Å². The first-order valence-corrected chi connectivity index (χ1v) is 9.51. The first-order valence-electron chi connectivity index (χ1n) is 9.13. The lowest BCUT2D eigenvalue weighted by atomic mass is 10.1. The molecule has 0 aliphatic carbocycles. The lowest BCUT2D eigenvalue weighted by Crippen LogP contribution is -2.44. The van der Waals surface area contributed by atoms with E-state index < -0.39 is 29.0 Å². The molecule has 1 N–H and O–H groups in total. The largest absolute Gasteiger partial charge is 0.477 e. The zero-order valence-electron chi connectivity index (χ0n) is 15.4. The molecule has 2 aliphatic rings. The number of hydrogen-bond donors (Lipinski definition) is 1. The van der Waals surface area contributed by atoms with Crippen LogP contribution >= 0.6 is 11.6 Å². The fourth-order valence-corrected chi connectivity index (χ4v) is 4.49. The van der Waals surface area contributed by atoms with Crippen LogP contribution in [0.25, 0.3) is 10.9 Å². The van der Waals surface area contributed by atoms with Gasteiger partial charge in [-0.05, 0) is 36.2 Å². The van der Waals surface area contributed by atoms with E-state index >= 15 is 0 Å². The van der Waals surface area contributed by atoms with Crippen LogP contribution in [0.3, 0.4) is 0 Å². The monoisotopic (exact) mass is 414 g/mol. The van der Waals surface area contributed by atoms with E-state index in [4.69, 9.17) is 16.3 Å². The Balaban J connectivity index is 1.63. The molecule has 0 radical (unpaired) electrons. The Hall–Kier alpha value is -2.90. The summed E-state index contributed by atoms with van der Waals surface area (Å²) in [5.74, 6) is -1.76. The minimum absolute atomic E-state index is 0.00156. The first-order chi connectivity index (χ1) is 13.8. The van der Waals surface area contributed by atoms with E-state index in [9.17, 15) is 19.1 Å². The third-order valence-corrected chi connectivity index (χ3v) is 5.90. The zero-order valence-corrected chi connectivity index (χ0v) is 16.1. The molecule has 148 valence electrons. The van der Waals surface area contributed by atoms with Crippen molar-refractivity contribution in [1.29, 1.82) is 0 Å². The number of aromatic carboxylic acids is 1. The van der Waals surface area contributed by atoms with Gasteiger partial charge in [-0.1, -0.05) is 17.7 Å². The Kier molecular flexibility index (Phi) is 3.94. The van der Waals surface area contributed by atoms with Gasteiger partial charge >= 0.3 is 5.97 Å². The molecule has 0 fully saturated rings. The van der Waals surface area contributed by atoms with Crippen molar-refractivity contribution in [3.05, 3.63) is 74.3 Å². The average Bonchev–Trinajstić information content (AvgIpc) is 3.08. The number of carboxylic acids is 1. The maximum absolute atomic E-state index is 14.2. The summed E-state index contributed by atoms with van der Waals surface area (Å²) in [6.07, 6.45) is 0.858. The number of aromatic nitrogens is 1. The highest BCUT2D eigenvalue weighted by atomic mass is 35.5.